The number of fused-ring (bicyclic) bond motifs is 4. The lowest BCUT2D eigenvalue weighted by atomic mass is 9.87. The molecule has 0 radical (unpaired) electrons. The molecule has 1 atom stereocenters. The van der Waals surface area contributed by atoms with Crippen LogP contribution in [-0.4, -0.2) is 60.1 Å². The van der Waals surface area contributed by atoms with Crippen LogP contribution in [0.1, 0.15) is 66.4 Å². The van der Waals surface area contributed by atoms with Crippen molar-refractivity contribution in [2.24, 2.45) is 11.1 Å². The molecule has 2 aliphatic carbocycles. The minimum atomic E-state index is -4.45. The lowest BCUT2D eigenvalue weighted by Crippen LogP contribution is -2.53. The van der Waals surface area contributed by atoms with E-state index >= 15 is 0 Å². The van der Waals surface area contributed by atoms with E-state index in [0.717, 1.165) is 16.7 Å². The quantitative estimate of drug-likeness (QED) is 0.370. The Labute approximate surface area is 260 Å². The molecule has 45 heavy (non-hydrogen) atoms. The van der Waals surface area contributed by atoms with Crippen LogP contribution < -0.4 is 15.2 Å². The van der Waals surface area contributed by atoms with Gasteiger partial charge in [0, 0.05) is 29.3 Å². The smallest absolute Gasteiger partial charge is 0.394 e. The fourth-order valence-electron chi connectivity index (χ4n) is 6.65. The van der Waals surface area contributed by atoms with Crippen molar-refractivity contribution in [2.45, 2.75) is 88.0 Å². The molecular weight excluding hydrogens is 607 g/mol. The molecule has 0 unspecified atom stereocenters. The van der Waals surface area contributed by atoms with Gasteiger partial charge < -0.3 is 15.4 Å². The molecule has 3 N–H and O–H groups in total. The van der Waals surface area contributed by atoms with Gasteiger partial charge >= 0.3 is 6.18 Å². The number of sulfonamides is 1. The van der Waals surface area contributed by atoms with Gasteiger partial charge in [0.25, 0.3) is 15.9 Å². The molecule has 0 saturated heterocycles. The molecule has 1 aromatic heterocycles. The number of benzene rings is 2. The largest absolute Gasteiger partial charge is 0.475 e. The molecule has 240 valence electrons. The summed E-state index contributed by atoms with van der Waals surface area (Å²) in [6, 6.07) is 11.3. The third-order valence-corrected chi connectivity index (χ3v) is 10.7. The predicted octanol–water partition coefficient (Wildman–Crippen LogP) is 5.77. The molecule has 2 heterocycles. The maximum Gasteiger partial charge on any atom is 0.394 e. The highest BCUT2D eigenvalue weighted by atomic mass is 32.2. The molecule has 9 nitrogen and oxygen atoms in total. The molecule has 2 aromatic carbocycles. The highest BCUT2D eigenvalue weighted by Gasteiger charge is 2.64. The summed E-state index contributed by atoms with van der Waals surface area (Å²) in [6.45, 7) is 3.51. The average Bonchev–Trinajstić information content (AvgIpc) is 3.77. The minimum Gasteiger partial charge on any atom is -0.475 e. The van der Waals surface area contributed by atoms with Gasteiger partial charge in [-0.25, -0.2) is 18.1 Å². The van der Waals surface area contributed by atoms with Crippen LogP contribution >= 0.6 is 0 Å². The van der Waals surface area contributed by atoms with Crippen LogP contribution in [0.15, 0.2) is 53.4 Å². The monoisotopic (exact) mass is 643 g/mol. The number of hydrogen-bond donors (Lipinski definition) is 2. The molecule has 2 saturated carbocycles. The first kappa shape index (κ1) is 31.3. The zero-order valence-corrected chi connectivity index (χ0v) is 25.9. The first-order valence-corrected chi connectivity index (χ1v) is 16.6. The number of nitrogens with one attached hydrogen (secondary N) is 1. The van der Waals surface area contributed by atoms with Crippen LogP contribution in [0.25, 0.3) is 11.3 Å². The predicted molar refractivity (Wildman–Crippen MR) is 162 cm³/mol. The van der Waals surface area contributed by atoms with E-state index in [4.69, 9.17) is 10.5 Å². The third kappa shape index (κ3) is 6.24. The van der Waals surface area contributed by atoms with Crippen molar-refractivity contribution in [1.29, 1.82) is 0 Å². The van der Waals surface area contributed by atoms with E-state index in [1.165, 1.54) is 29.2 Å². The summed E-state index contributed by atoms with van der Waals surface area (Å²) >= 11 is 0. The van der Waals surface area contributed by atoms with E-state index < -0.39 is 39.6 Å². The van der Waals surface area contributed by atoms with Gasteiger partial charge in [-0.05, 0) is 88.1 Å². The number of ether oxygens (including phenoxy) is 1. The van der Waals surface area contributed by atoms with Crippen LogP contribution in [0.4, 0.5) is 19.1 Å². The standard InChI is InChI=1S/C32H36F3N5O4S/c1-19-5-3-6-20(2)28(19)26-16-27-38-30(37-26)39-45(42,43)25-8-4-7-21(15-25)29(41)40(23-11-9-22(36)10-12-23)24(18-44-27)17-31(13-14-31)32(33,34)35/h3-8,15-16,22-24H,9-14,17-18,36H2,1-2H3,(H,37,38,39)/t22?,23?,24-/m1/s1. The Bertz CT molecular complexity index is 1700. The van der Waals surface area contributed by atoms with Gasteiger partial charge in [0.05, 0.1) is 22.0 Å². The Kier molecular flexibility index (Phi) is 8.05. The van der Waals surface area contributed by atoms with Crippen molar-refractivity contribution < 1.29 is 31.1 Å². The number of aryl methyl sites for hydroxylation is 2. The van der Waals surface area contributed by atoms with Crippen molar-refractivity contribution in [3.05, 3.63) is 65.2 Å². The lowest BCUT2D eigenvalue weighted by molar-refractivity contribution is -0.193. The first-order chi connectivity index (χ1) is 21.3. The Morgan fingerprint density at radius 3 is 2.33 bits per heavy atom. The number of rotatable bonds is 4. The van der Waals surface area contributed by atoms with Gasteiger partial charge in [-0.2, -0.15) is 18.2 Å². The normalized spacial score (nSPS) is 24.4. The summed E-state index contributed by atoms with van der Waals surface area (Å²) in [6.07, 6.45) is -2.62. The van der Waals surface area contributed by atoms with E-state index in [2.05, 4.69) is 14.7 Å². The van der Waals surface area contributed by atoms with Gasteiger partial charge in [0.15, 0.2) is 0 Å². The molecule has 0 spiro atoms. The number of amides is 1. The SMILES string of the molecule is Cc1cccc(C)c1-c1cc2nc(n1)NS(=O)(=O)c1cccc(c1)C(=O)N(C1CCC(N)CC1)[C@H](CC1(C(F)(F)F)CC1)CO2. The molecule has 1 amide bonds. The van der Waals surface area contributed by atoms with Gasteiger partial charge in [-0.3, -0.25) is 4.79 Å². The summed E-state index contributed by atoms with van der Waals surface area (Å²) in [5.74, 6) is -0.830. The number of aromatic nitrogens is 2. The van der Waals surface area contributed by atoms with Crippen LogP contribution in [0.2, 0.25) is 0 Å². The molecule has 13 heteroatoms. The molecule has 3 aliphatic rings. The second kappa shape index (κ2) is 11.6. The van der Waals surface area contributed by atoms with Crippen molar-refractivity contribution in [3.63, 3.8) is 0 Å². The maximum atomic E-state index is 14.4. The van der Waals surface area contributed by atoms with E-state index in [9.17, 15) is 26.4 Å². The summed E-state index contributed by atoms with van der Waals surface area (Å²) in [4.78, 5) is 24.4. The Balaban J connectivity index is 1.51. The van der Waals surface area contributed by atoms with Crippen LogP contribution in [0.5, 0.6) is 5.88 Å². The van der Waals surface area contributed by atoms with Crippen molar-refractivity contribution in [3.8, 4) is 17.1 Å². The minimum absolute atomic E-state index is 0.0220. The Morgan fingerprint density at radius 2 is 1.69 bits per heavy atom. The molecule has 3 aromatic rings. The zero-order valence-electron chi connectivity index (χ0n) is 25.1. The number of halogens is 3. The molecule has 6 rings (SSSR count). The number of alkyl halides is 3. The fraction of sp³-hybridized carbons (Fsp3) is 0.469. The van der Waals surface area contributed by atoms with E-state index in [0.29, 0.717) is 31.4 Å². The number of carbonyl (C=O) groups excluding carboxylic acids is 1. The van der Waals surface area contributed by atoms with E-state index in [1.54, 1.807) is 6.07 Å². The number of carbonyl (C=O) groups is 1. The van der Waals surface area contributed by atoms with Crippen molar-refractivity contribution in [1.82, 2.24) is 14.9 Å². The summed E-state index contributed by atoms with van der Waals surface area (Å²) in [5.41, 5.74) is 7.18. The summed E-state index contributed by atoms with van der Waals surface area (Å²) in [7, 11) is -4.27. The highest BCUT2D eigenvalue weighted by Crippen LogP contribution is 2.61. The second-order valence-electron chi connectivity index (χ2n) is 12.5. The number of nitrogens with zero attached hydrogens (tertiary/aromatic N) is 3. The topological polar surface area (TPSA) is 128 Å². The molecule has 1 aliphatic heterocycles. The lowest BCUT2D eigenvalue weighted by Gasteiger charge is -2.42. The fourth-order valence-corrected chi connectivity index (χ4v) is 7.64. The Hall–Kier alpha value is -3.71. The maximum absolute atomic E-state index is 14.4. The van der Waals surface area contributed by atoms with Crippen LogP contribution in [0.3, 0.4) is 0 Å². The van der Waals surface area contributed by atoms with E-state index in [-0.39, 0.29) is 54.2 Å². The summed E-state index contributed by atoms with van der Waals surface area (Å²) < 4.78 is 78.7. The van der Waals surface area contributed by atoms with Crippen molar-refractivity contribution in [2.75, 3.05) is 11.3 Å². The van der Waals surface area contributed by atoms with Gasteiger partial charge in [-0.15, -0.1) is 0 Å². The van der Waals surface area contributed by atoms with Gasteiger partial charge in [0.2, 0.25) is 11.8 Å². The van der Waals surface area contributed by atoms with E-state index in [1.807, 2.05) is 32.0 Å². The number of anilines is 1. The van der Waals surface area contributed by atoms with Crippen molar-refractivity contribution >= 4 is 21.9 Å². The highest BCUT2D eigenvalue weighted by molar-refractivity contribution is 7.92. The van der Waals surface area contributed by atoms with Crippen LogP contribution in [0, 0.1) is 19.3 Å². The van der Waals surface area contributed by atoms with Crippen LogP contribution in [-0.2, 0) is 10.0 Å². The molecule has 2 fully saturated rings. The number of hydrogen-bond acceptors (Lipinski definition) is 7. The molecule has 4 bridgehead atoms. The zero-order chi connectivity index (χ0) is 32.1. The number of nitrogens with two attached hydrogens (primary N) is 1. The Morgan fingerprint density at radius 1 is 1.02 bits per heavy atom. The third-order valence-electron chi connectivity index (χ3n) is 9.32. The van der Waals surface area contributed by atoms with Gasteiger partial charge in [0.1, 0.15) is 6.61 Å². The average molecular weight is 644 g/mol. The second-order valence-corrected chi connectivity index (χ2v) is 14.2. The first-order valence-electron chi connectivity index (χ1n) is 15.1. The van der Waals surface area contributed by atoms with Gasteiger partial charge in [-0.1, -0.05) is 24.3 Å². The molecular formula is C32H36F3N5O4S. The summed E-state index contributed by atoms with van der Waals surface area (Å²) in [5, 5.41) is 0.